The second-order valence-corrected chi connectivity index (χ2v) is 8.22. The van der Waals surface area contributed by atoms with Crippen molar-refractivity contribution < 1.29 is 9.59 Å². The molecule has 6 nitrogen and oxygen atoms in total. The Morgan fingerprint density at radius 2 is 2.04 bits per heavy atom. The number of amides is 1. The van der Waals surface area contributed by atoms with E-state index in [1.807, 2.05) is 26.0 Å². The van der Waals surface area contributed by atoms with Gasteiger partial charge in [0, 0.05) is 28.9 Å². The molecule has 0 aromatic carbocycles. The smallest absolute Gasteiger partial charge is 0.243 e. The first-order valence-electron chi connectivity index (χ1n) is 8.87. The van der Waals surface area contributed by atoms with Crippen LogP contribution in [-0.4, -0.2) is 22.0 Å². The molecule has 0 spiro atoms. The summed E-state index contributed by atoms with van der Waals surface area (Å²) in [5, 5.41) is 21.8. The molecule has 0 bridgehead atoms. The molecule has 1 aliphatic rings. The third-order valence-electron chi connectivity index (χ3n) is 5.00. The largest absolute Gasteiger partial charge is 0.348 e. The minimum atomic E-state index is -0.930. The van der Waals surface area contributed by atoms with E-state index in [0.717, 1.165) is 36.1 Å². The number of ketones is 1. The molecule has 2 heterocycles. The van der Waals surface area contributed by atoms with E-state index >= 15 is 0 Å². The second kappa shape index (κ2) is 8.02. The molecule has 1 amide bonds. The van der Waals surface area contributed by atoms with E-state index in [9.17, 15) is 20.1 Å². The standard InChI is InChI=1S/C20H24N4O2S/c1-6-7-24-12(2)8-14(13(24)3)17(25)11-27-19-16(10-22)20(4,5)15(9-21)18(26)23-19/h8,15H,6-7,11H2,1-5H3,(H,23,26)/t15-/m1/s1. The van der Waals surface area contributed by atoms with Gasteiger partial charge in [0.1, 0.15) is 5.92 Å². The van der Waals surface area contributed by atoms with Gasteiger partial charge in [0.15, 0.2) is 5.78 Å². The summed E-state index contributed by atoms with van der Waals surface area (Å²) in [5.74, 6) is -1.29. The van der Waals surface area contributed by atoms with Crippen molar-refractivity contribution in [2.45, 2.75) is 47.6 Å². The minimum Gasteiger partial charge on any atom is -0.348 e. The Balaban J connectivity index is 2.26. The number of allylic oxidation sites excluding steroid dienone is 1. The summed E-state index contributed by atoms with van der Waals surface area (Å²) in [4.78, 5) is 25.0. The Morgan fingerprint density at radius 3 is 2.59 bits per heavy atom. The van der Waals surface area contributed by atoms with Crippen LogP contribution in [0.25, 0.3) is 0 Å². The SMILES string of the molecule is CCCn1c(C)cc(C(=O)CSC2=C(C#N)C(C)(C)[C@H](C#N)C(=O)N2)c1C. The highest BCUT2D eigenvalue weighted by Crippen LogP contribution is 2.41. The number of nitrogens with one attached hydrogen (secondary N) is 1. The summed E-state index contributed by atoms with van der Waals surface area (Å²) >= 11 is 1.15. The van der Waals surface area contributed by atoms with Crippen LogP contribution in [0.3, 0.4) is 0 Å². The van der Waals surface area contributed by atoms with E-state index in [-0.39, 0.29) is 11.5 Å². The summed E-state index contributed by atoms with van der Waals surface area (Å²) in [7, 11) is 0. The van der Waals surface area contributed by atoms with Gasteiger partial charge in [-0.2, -0.15) is 10.5 Å². The number of Topliss-reactive ketones (excluding diaryl/α,β-unsaturated/α-hetero) is 1. The van der Waals surface area contributed by atoms with E-state index < -0.39 is 17.2 Å². The van der Waals surface area contributed by atoms with Crippen LogP contribution in [-0.2, 0) is 11.3 Å². The summed E-state index contributed by atoms with van der Waals surface area (Å²) in [6.07, 6.45) is 0.984. The van der Waals surface area contributed by atoms with Crippen molar-refractivity contribution in [1.82, 2.24) is 9.88 Å². The van der Waals surface area contributed by atoms with Gasteiger partial charge in [-0.1, -0.05) is 32.5 Å². The molecule has 27 heavy (non-hydrogen) atoms. The Labute approximate surface area is 164 Å². The number of carbonyl (C=O) groups is 2. The molecule has 142 valence electrons. The molecule has 1 aliphatic heterocycles. The first kappa shape index (κ1) is 20.8. The second-order valence-electron chi connectivity index (χ2n) is 7.24. The number of aryl methyl sites for hydroxylation is 1. The highest BCUT2D eigenvalue weighted by molar-refractivity contribution is 8.03. The van der Waals surface area contributed by atoms with Gasteiger partial charge >= 0.3 is 0 Å². The number of aromatic nitrogens is 1. The van der Waals surface area contributed by atoms with Crippen LogP contribution >= 0.6 is 11.8 Å². The van der Waals surface area contributed by atoms with Gasteiger partial charge in [0.05, 0.1) is 28.5 Å². The maximum Gasteiger partial charge on any atom is 0.243 e. The van der Waals surface area contributed by atoms with Crippen LogP contribution in [0.1, 0.15) is 48.9 Å². The van der Waals surface area contributed by atoms with E-state index in [0.29, 0.717) is 16.2 Å². The zero-order valence-electron chi connectivity index (χ0n) is 16.3. The van der Waals surface area contributed by atoms with Gasteiger partial charge in [-0.25, -0.2) is 0 Å². The predicted octanol–water partition coefficient (Wildman–Crippen LogP) is 3.46. The third kappa shape index (κ3) is 3.79. The first-order valence-corrected chi connectivity index (χ1v) is 9.85. The molecule has 0 radical (unpaired) electrons. The van der Waals surface area contributed by atoms with Crippen molar-refractivity contribution in [3.8, 4) is 12.1 Å². The highest BCUT2D eigenvalue weighted by Gasteiger charge is 2.44. The van der Waals surface area contributed by atoms with E-state index in [1.54, 1.807) is 13.8 Å². The van der Waals surface area contributed by atoms with Gasteiger partial charge in [0.25, 0.3) is 0 Å². The molecule has 1 atom stereocenters. The lowest BCUT2D eigenvalue weighted by atomic mass is 9.72. The van der Waals surface area contributed by atoms with Gasteiger partial charge in [0.2, 0.25) is 5.91 Å². The first-order chi connectivity index (χ1) is 12.7. The quantitative estimate of drug-likeness (QED) is 0.757. The average molecular weight is 385 g/mol. The van der Waals surface area contributed by atoms with Crippen molar-refractivity contribution in [2.24, 2.45) is 11.3 Å². The molecule has 0 aliphatic carbocycles. The Kier molecular flexibility index (Phi) is 6.18. The molecule has 7 heteroatoms. The predicted molar refractivity (Wildman–Crippen MR) is 105 cm³/mol. The fourth-order valence-electron chi connectivity index (χ4n) is 3.40. The van der Waals surface area contributed by atoms with Crippen molar-refractivity contribution in [2.75, 3.05) is 5.75 Å². The minimum absolute atomic E-state index is 0.0466. The lowest BCUT2D eigenvalue weighted by Gasteiger charge is -2.34. The normalized spacial score (nSPS) is 18.6. The molecule has 0 saturated carbocycles. The number of hydrogen-bond donors (Lipinski definition) is 1. The summed E-state index contributed by atoms with van der Waals surface area (Å²) in [5.41, 5.74) is 2.09. The molecular weight excluding hydrogens is 360 g/mol. The third-order valence-corrected chi connectivity index (χ3v) is 6.00. The van der Waals surface area contributed by atoms with E-state index in [2.05, 4.69) is 22.9 Å². The molecular formula is C20H24N4O2S. The molecule has 0 unspecified atom stereocenters. The molecule has 1 aromatic rings. The van der Waals surface area contributed by atoms with Crippen LogP contribution in [0.2, 0.25) is 0 Å². The van der Waals surface area contributed by atoms with Crippen molar-refractivity contribution in [3.05, 3.63) is 33.6 Å². The summed E-state index contributed by atoms with van der Waals surface area (Å²) in [6, 6.07) is 5.97. The maximum absolute atomic E-state index is 12.7. The number of hydrogen-bond acceptors (Lipinski definition) is 5. The van der Waals surface area contributed by atoms with Gasteiger partial charge < -0.3 is 9.88 Å². The van der Waals surface area contributed by atoms with Crippen LogP contribution in [0.15, 0.2) is 16.7 Å². The monoisotopic (exact) mass is 384 g/mol. The van der Waals surface area contributed by atoms with Gasteiger partial charge in [-0.3, -0.25) is 9.59 Å². The Bertz CT molecular complexity index is 896. The summed E-state index contributed by atoms with van der Waals surface area (Å²) < 4.78 is 2.13. The van der Waals surface area contributed by atoms with Crippen LogP contribution in [0, 0.1) is 47.8 Å². The number of nitriles is 2. The fourth-order valence-corrected chi connectivity index (χ4v) is 4.46. The van der Waals surface area contributed by atoms with E-state index in [4.69, 9.17) is 0 Å². The van der Waals surface area contributed by atoms with Crippen molar-refractivity contribution >= 4 is 23.5 Å². The zero-order chi connectivity index (χ0) is 20.4. The zero-order valence-corrected chi connectivity index (χ0v) is 17.2. The van der Waals surface area contributed by atoms with Gasteiger partial charge in [-0.15, -0.1) is 0 Å². The maximum atomic E-state index is 12.7. The van der Waals surface area contributed by atoms with Gasteiger partial charge in [-0.05, 0) is 26.3 Å². The number of thioether (sulfide) groups is 1. The number of carbonyl (C=O) groups excluding carboxylic acids is 2. The number of nitrogens with zero attached hydrogens (tertiary/aromatic N) is 3. The van der Waals surface area contributed by atoms with Crippen molar-refractivity contribution in [1.29, 1.82) is 10.5 Å². The van der Waals surface area contributed by atoms with Crippen LogP contribution in [0.4, 0.5) is 0 Å². The Hall–Kier alpha value is -2.51. The molecule has 1 N–H and O–H groups in total. The topological polar surface area (TPSA) is 98.7 Å². The number of rotatable bonds is 6. The molecule has 1 aromatic heterocycles. The highest BCUT2D eigenvalue weighted by atomic mass is 32.2. The van der Waals surface area contributed by atoms with E-state index in [1.165, 1.54) is 0 Å². The summed E-state index contributed by atoms with van der Waals surface area (Å²) in [6.45, 7) is 10.3. The molecule has 2 rings (SSSR count). The lowest BCUT2D eigenvalue weighted by Crippen LogP contribution is -2.44. The average Bonchev–Trinajstić information content (AvgIpc) is 2.87. The molecule has 0 saturated heterocycles. The molecule has 0 fully saturated rings. The van der Waals surface area contributed by atoms with Crippen LogP contribution in [0.5, 0.6) is 0 Å². The lowest BCUT2D eigenvalue weighted by molar-refractivity contribution is -0.125. The fraction of sp³-hybridized carbons (Fsp3) is 0.500. The van der Waals surface area contributed by atoms with Crippen molar-refractivity contribution in [3.63, 3.8) is 0 Å². The van der Waals surface area contributed by atoms with Crippen LogP contribution < -0.4 is 5.32 Å². The Morgan fingerprint density at radius 1 is 1.37 bits per heavy atom.